The molecule has 4 nitrogen and oxygen atoms in total. The summed E-state index contributed by atoms with van der Waals surface area (Å²) >= 11 is 0. The van der Waals surface area contributed by atoms with Gasteiger partial charge in [0.25, 0.3) is 0 Å². The van der Waals surface area contributed by atoms with Crippen LogP contribution in [-0.4, -0.2) is 20.8 Å². The summed E-state index contributed by atoms with van der Waals surface area (Å²) in [5, 5.41) is 12.9. The van der Waals surface area contributed by atoms with E-state index in [0.29, 0.717) is 6.04 Å². The fourth-order valence-electron chi connectivity index (χ4n) is 4.46. The molecule has 3 heterocycles. The van der Waals surface area contributed by atoms with Crippen LogP contribution in [0, 0.1) is 11.8 Å². The lowest BCUT2D eigenvalue weighted by molar-refractivity contribution is 0.170. The number of nitrogens with zero attached hydrogens (tertiary/aromatic N) is 3. The van der Waals surface area contributed by atoms with Gasteiger partial charge in [-0.3, -0.25) is 0 Å². The van der Waals surface area contributed by atoms with Gasteiger partial charge < -0.3 is 9.88 Å². The lowest BCUT2D eigenvalue weighted by Gasteiger charge is -2.40. The summed E-state index contributed by atoms with van der Waals surface area (Å²) in [5.74, 6) is 4.12. The molecule has 4 atom stereocenters. The van der Waals surface area contributed by atoms with E-state index >= 15 is 0 Å². The second-order valence-electron chi connectivity index (χ2n) is 7.17. The summed E-state index contributed by atoms with van der Waals surface area (Å²) in [6, 6.07) is 1.18. The highest BCUT2D eigenvalue weighted by Crippen LogP contribution is 2.37. The van der Waals surface area contributed by atoms with E-state index < -0.39 is 0 Å². The molecule has 1 saturated heterocycles. The molecule has 1 aromatic rings. The molecule has 0 aromatic carbocycles. The van der Waals surface area contributed by atoms with E-state index in [1.807, 2.05) is 0 Å². The van der Waals surface area contributed by atoms with Gasteiger partial charge in [0.05, 0.1) is 6.04 Å². The molecule has 1 aromatic heterocycles. The molecular formula is C16H26N4. The maximum atomic E-state index is 4.54. The maximum absolute atomic E-state index is 4.54. The third-order valence-corrected chi connectivity index (χ3v) is 5.69. The highest BCUT2D eigenvalue weighted by molar-refractivity contribution is 5.07. The first-order valence-corrected chi connectivity index (χ1v) is 8.49. The van der Waals surface area contributed by atoms with Crippen molar-refractivity contribution in [3.8, 4) is 0 Å². The third-order valence-electron chi connectivity index (χ3n) is 5.69. The van der Waals surface area contributed by atoms with Crippen LogP contribution in [0.1, 0.15) is 69.6 Å². The molecule has 2 fully saturated rings. The maximum Gasteiger partial charge on any atom is 0.150 e. The number of nitrogens with one attached hydrogen (secondary N) is 1. The average molecular weight is 274 g/mol. The highest BCUT2D eigenvalue weighted by atomic mass is 15.3. The van der Waals surface area contributed by atoms with Gasteiger partial charge in [-0.25, -0.2) is 0 Å². The van der Waals surface area contributed by atoms with Gasteiger partial charge in [0, 0.05) is 19.0 Å². The summed E-state index contributed by atoms with van der Waals surface area (Å²) in [6.07, 6.45) is 10.6. The van der Waals surface area contributed by atoms with Crippen LogP contribution < -0.4 is 5.32 Å². The Morgan fingerprint density at radius 3 is 2.90 bits per heavy atom. The van der Waals surface area contributed by atoms with Crippen LogP contribution in [0.4, 0.5) is 0 Å². The number of hydrogen-bond acceptors (Lipinski definition) is 3. The van der Waals surface area contributed by atoms with Crippen molar-refractivity contribution in [2.75, 3.05) is 0 Å². The topological polar surface area (TPSA) is 42.7 Å². The lowest BCUT2D eigenvalue weighted by Crippen LogP contribution is -2.45. The minimum absolute atomic E-state index is 0.448. The molecule has 1 N–H and O–H groups in total. The second-order valence-corrected chi connectivity index (χ2v) is 7.17. The predicted molar refractivity (Wildman–Crippen MR) is 78.4 cm³/mol. The van der Waals surface area contributed by atoms with Crippen LogP contribution in [0.2, 0.25) is 0 Å². The summed E-state index contributed by atoms with van der Waals surface area (Å²) in [6.45, 7) is 3.44. The predicted octanol–water partition coefficient (Wildman–Crippen LogP) is 2.84. The number of rotatable bonds is 1. The second kappa shape index (κ2) is 5.14. The van der Waals surface area contributed by atoms with Crippen molar-refractivity contribution < 1.29 is 0 Å². The van der Waals surface area contributed by atoms with Crippen LogP contribution in [0.5, 0.6) is 0 Å². The van der Waals surface area contributed by atoms with Crippen LogP contribution in [0.3, 0.4) is 0 Å². The van der Waals surface area contributed by atoms with Crippen molar-refractivity contribution in [2.45, 2.75) is 76.9 Å². The van der Waals surface area contributed by atoms with Crippen LogP contribution in [-0.2, 0) is 13.0 Å². The molecule has 0 spiro atoms. The Bertz CT molecular complexity index is 481. The zero-order chi connectivity index (χ0) is 13.5. The van der Waals surface area contributed by atoms with Crippen molar-refractivity contribution in [1.82, 2.24) is 20.1 Å². The molecule has 4 unspecified atom stereocenters. The Hall–Kier alpha value is -0.900. The largest absolute Gasteiger partial charge is 0.314 e. The Morgan fingerprint density at radius 2 is 1.95 bits per heavy atom. The number of fused-ring (bicyclic) bond motifs is 2. The third kappa shape index (κ3) is 2.18. The molecule has 0 radical (unpaired) electrons. The molecule has 2 aliphatic heterocycles. The summed E-state index contributed by atoms with van der Waals surface area (Å²) in [4.78, 5) is 0. The molecule has 20 heavy (non-hydrogen) atoms. The van der Waals surface area contributed by atoms with E-state index in [9.17, 15) is 0 Å². The van der Waals surface area contributed by atoms with Crippen molar-refractivity contribution >= 4 is 0 Å². The first-order chi connectivity index (χ1) is 9.81. The zero-order valence-corrected chi connectivity index (χ0v) is 12.5. The van der Waals surface area contributed by atoms with Gasteiger partial charge in [-0.05, 0) is 43.9 Å². The van der Waals surface area contributed by atoms with E-state index in [4.69, 9.17) is 0 Å². The zero-order valence-electron chi connectivity index (χ0n) is 12.5. The van der Waals surface area contributed by atoms with E-state index in [2.05, 4.69) is 27.0 Å². The summed E-state index contributed by atoms with van der Waals surface area (Å²) in [5.41, 5.74) is 0. The fourth-order valence-corrected chi connectivity index (χ4v) is 4.46. The fraction of sp³-hybridized carbons (Fsp3) is 0.875. The van der Waals surface area contributed by atoms with Gasteiger partial charge in [-0.1, -0.05) is 19.8 Å². The van der Waals surface area contributed by atoms with Crippen molar-refractivity contribution in [2.24, 2.45) is 11.8 Å². The van der Waals surface area contributed by atoms with Crippen LogP contribution >= 0.6 is 0 Å². The Kier molecular flexibility index (Phi) is 3.29. The first-order valence-electron chi connectivity index (χ1n) is 8.49. The van der Waals surface area contributed by atoms with Gasteiger partial charge in [0.1, 0.15) is 11.6 Å². The average Bonchev–Trinajstić information content (AvgIpc) is 2.89. The van der Waals surface area contributed by atoms with Gasteiger partial charge in [0.2, 0.25) is 0 Å². The molecule has 110 valence electrons. The highest BCUT2D eigenvalue weighted by Gasteiger charge is 2.35. The SMILES string of the molecule is CC1CCn2c(nnc2C2CCC3CCCCC3N2)C1. The number of hydrogen-bond donors (Lipinski definition) is 1. The van der Waals surface area contributed by atoms with E-state index in [0.717, 1.165) is 30.8 Å². The first kappa shape index (κ1) is 12.8. The van der Waals surface area contributed by atoms with Gasteiger partial charge >= 0.3 is 0 Å². The quantitative estimate of drug-likeness (QED) is 0.856. The monoisotopic (exact) mass is 274 g/mol. The molecule has 4 rings (SSSR count). The Balaban J connectivity index is 1.53. The van der Waals surface area contributed by atoms with E-state index in [-0.39, 0.29) is 0 Å². The minimum atomic E-state index is 0.448. The van der Waals surface area contributed by atoms with Crippen molar-refractivity contribution in [3.05, 3.63) is 11.6 Å². The standard InChI is InChI=1S/C16H26N4/c1-11-8-9-20-15(10-11)18-19-16(20)14-7-6-12-4-2-3-5-13(12)17-14/h11-14,17H,2-10H2,1H3. The lowest BCUT2D eigenvalue weighted by atomic mass is 9.77. The molecule has 3 aliphatic rings. The van der Waals surface area contributed by atoms with Gasteiger partial charge in [-0.15, -0.1) is 10.2 Å². The molecular weight excluding hydrogens is 248 g/mol. The molecule has 0 amide bonds. The number of piperidine rings is 1. The molecule has 4 heteroatoms. The van der Waals surface area contributed by atoms with Crippen molar-refractivity contribution in [1.29, 1.82) is 0 Å². The Labute approximate surface area is 121 Å². The van der Waals surface area contributed by atoms with Gasteiger partial charge in [0.15, 0.2) is 0 Å². The van der Waals surface area contributed by atoms with E-state index in [1.165, 1.54) is 56.6 Å². The van der Waals surface area contributed by atoms with Crippen molar-refractivity contribution in [3.63, 3.8) is 0 Å². The van der Waals surface area contributed by atoms with Crippen LogP contribution in [0.15, 0.2) is 0 Å². The summed E-state index contributed by atoms with van der Waals surface area (Å²) < 4.78 is 2.40. The van der Waals surface area contributed by atoms with E-state index in [1.54, 1.807) is 0 Å². The Morgan fingerprint density at radius 1 is 1.05 bits per heavy atom. The smallest absolute Gasteiger partial charge is 0.150 e. The van der Waals surface area contributed by atoms with Gasteiger partial charge in [-0.2, -0.15) is 0 Å². The molecule has 1 saturated carbocycles. The normalized spacial score (nSPS) is 37.2. The minimum Gasteiger partial charge on any atom is -0.314 e. The molecule has 0 bridgehead atoms. The van der Waals surface area contributed by atoms with Crippen LogP contribution in [0.25, 0.3) is 0 Å². The number of aromatic nitrogens is 3. The summed E-state index contributed by atoms with van der Waals surface area (Å²) in [7, 11) is 0. The molecule has 1 aliphatic carbocycles.